The molecule has 6 nitrogen and oxygen atoms in total. The molecule has 0 bridgehead atoms. The van der Waals surface area contributed by atoms with E-state index in [0.717, 1.165) is 15.9 Å². The second-order valence-corrected chi connectivity index (χ2v) is 6.49. The lowest BCUT2D eigenvalue weighted by molar-refractivity contribution is 0.102. The molecule has 3 aromatic rings. The Bertz CT molecular complexity index is 813. The number of halogens is 1. The highest BCUT2D eigenvalue weighted by Crippen LogP contribution is 2.17. The van der Waals surface area contributed by atoms with Gasteiger partial charge in [-0.2, -0.15) is 5.10 Å². The van der Waals surface area contributed by atoms with Gasteiger partial charge in [0.1, 0.15) is 5.75 Å². The number of hydrogen-bond acceptors (Lipinski definition) is 5. The number of aromatic nitrogens is 3. The number of hydrogen-bond donors (Lipinski definition) is 1. The van der Waals surface area contributed by atoms with Crippen molar-refractivity contribution in [3.8, 4) is 5.75 Å². The van der Waals surface area contributed by atoms with Crippen LogP contribution >= 0.6 is 27.3 Å². The van der Waals surface area contributed by atoms with E-state index in [4.69, 9.17) is 4.74 Å². The van der Waals surface area contributed by atoms with Crippen molar-refractivity contribution in [2.24, 2.45) is 0 Å². The maximum absolute atomic E-state index is 12.1. The van der Waals surface area contributed by atoms with Crippen LogP contribution in [0.3, 0.4) is 0 Å². The topological polar surface area (TPSA) is 69.0 Å². The van der Waals surface area contributed by atoms with Crippen LogP contribution in [0.1, 0.15) is 16.2 Å². The summed E-state index contributed by atoms with van der Waals surface area (Å²) in [5.74, 6) is 0.440. The second-order valence-electron chi connectivity index (χ2n) is 4.72. The number of nitrogens with zero attached hydrogens (tertiary/aromatic N) is 3. The van der Waals surface area contributed by atoms with E-state index in [1.807, 2.05) is 36.6 Å². The van der Waals surface area contributed by atoms with Crippen LogP contribution in [0.2, 0.25) is 0 Å². The quantitative estimate of drug-likeness (QED) is 0.718. The Morgan fingerprint density at radius 3 is 2.83 bits per heavy atom. The van der Waals surface area contributed by atoms with E-state index in [2.05, 4.69) is 31.3 Å². The predicted molar refractivity (Wildman–Crippen MR) is 91.8 cm³/mol. The lowest BCUT2D eigenvalue weighted by Gasteiger charge is -2.06. The summed E-state index contributed by atoms with van der Waals surface area (Å²) in [5, 5.41) is 9.35. The highest BCUT2D eigenvalue weighted by molar-refractivity contribution is 9.10. The molecule has 2 heterocycles. The van der Waals surface area contributed by atoms with Crippen molar-refractivity contribution in [1.82, 2.24) is 14.8 Å². The molecular formula is C15H13BrN4O2S. The van der Waals surface area contributed by atoms with Crippen LogP contribution in [-0.2, 0) is 6.73 Å². The molecule has 0 atom stereocenters. The number of thiazole rings is 1. The number of carbonyl (C=O) groups excluding carboxylic acids is 1. The van der Waals surface area contributed by atoms with Crippen LogP contribution < -0.4 is 10.1 Å². The van der Waals surface area contributed by atoms with Crippen molar-refractivity contribution in [2.45, 2.75) is 13.7 Å². The van der Waals surface area contributed by atoms with Gasteiger partial charge >= 0.3 is 0 Å². The third-order valence-electron chi connectivity index (χ3n) is 2.89. The molecule has 0 aliphatic rings. The standard InChI is InChI=1S/C15H13BrN4O2S/c1-10-8-23-15(17-10)18-14(21)13-6-7-20(19-13)9-22-12-4-2-11(16)3-5-12/h2-8H,9H2,1H3,(H,17,18,21). The van der Waals surface area contributed by atoms with E-state index >= 15 is 0 Å². The highest BCUT2D eigenvalue weighted by Gasteiger charge is 2.11. The van der Waals surface area contributed by atoms with Gasteiger partial charge in [0.25, 0.3) is 5.91 Å². The summed E-state index contributed by atoms with van der Waals surface area (Å²) >= 11 is 4.75. The van der Waals surface area contributed by atoms with Gasteiger partial charge in [-0.25, -0.2) is 9.67 Å². The highest BCUT2D eigenvalue weighted by atomic mass is 79.9. The fourth-order valence-electron chi connectivity index (χ4n) is 1.80. The lowest BCUT2D eigenvalue weighted by Crippen LogP contribution is -2.14. The number of nitrogens with one attached hydrogen (secondary N) is 1. The van der Waals surface area contributed by atoms with E-state index in [9.17, 15) is 4.79 Å². The molecule has 0 aliphatic heterocycles. The Hall–Kier alpha value is -2.19. The van der Waals surface area contributed by atoms with E-state index in [1.54, 1.807) is 16.9 Å². The van der Waals surface area contributed by atoms with Gasteiger partial charge in [0, 0.05) is 16.0 Å². The van der Waals surface area contributed by atoms with Crippen molar-refractivity contribution in [3.63, 3.8) is 0 Å². The Balaban J connectivity index is 1.59. The zero-order valence-electron chi connectivity index (χ0n) is 12.2. The fourth-order valence-corrected chi connectivity index (χ4v) is 2.75. The monoisotopic (exact) mass is 392 g/mol. The van der Waals surface area contributed by atoms with Gasteiger partial charge < -0.3 is 4.74 Å². The largest absolute Gasteiger partial charge is 0.471 e. The molecule has 3 rings (SSSR count). The summed E-state index contributed by atoms with van der Waals surface area (Å²) in [4.78, 5) is 16.3. The van der Waals surface area contributed by atoms with Gasteiger partial charge in [-0.3, -0.25) is 10.1 Å². The zero-order chi connectivity index (χ0) is 16.2. The minimum absolute atomic E-state index is 0.227. The third kappa shape index (κ3) is 4.17. The third-order valence-corrected chi connectivity index (χ3v) is 4.29. The number of benzene rings is 1. The molecule has 1 aromatic carbocycles. The SMILES string of the molecule is Cc1csc(NC(=O)c2ccn(COc3ccc(Br)cc3)n2)n1. The predicted octanol–water partition coefficient (Wildman–Crippen LogP) is 3.70. The number of amides is 1. The first-order chi connectivity index (χ1) is 11.1. The molecule has 0 radical (unpaired) electrons. The molecule has 0 fully saturated rings. The Morgan fingerprint density at radius 2 is 2.13 bits per heavy atom. The van der Waals surface area contributed by atoms with E-state index in [-0.39, 0.29) is 12.6 Å². The molecule has 2 aromatic heterocycles. The van der Waals surface area contributed by atoms with Gasteiger partial charge in [-0.15, -0.1) is 11.3 Å². The number of ether oxygens (including phenoxy) is 1. The molecule has 0 unspecified atom stereocenters. The minimum Gasteiger partial charge on any atom is -0.471 e. The van der Waals surface area contributed by atoms with E-state index in [1.165, 1.54) is 11.3 Å². The minimum atomic E-state index is -0.290. The lowest BCUT2D eigenvalue weighted by atomic mass is 10.3. The first-order valence-corrected chi connectivity index (χ1v) is 8.43. The molecule has 0 saturated heterocycles. The van der Waals surface area contributed by atoms with Crippen LogP contribution in [0.25, 0.3) is 0 Å². The smallest absolute Gasteiger partial charge is 0.277 e. The number of rotatable bonds is 5. The van der Waals surface area contributed by atoms with Gasteiger partial charge in [-0.1, -0.05) is 15.9 Å². The molecular weight excluding hydrogens is 380 g/mol. The maximum atomic E-state index is 12.1. The maximum Gasteiger partial charge on any atom is 0.277 e. The number of carbonyl (C=O) groups is 1. The Morgan fingerprint density at radius 1 is 1.35 bits per heavy atom. The van der Waals surface area contributed by atoms with Gasteiger partial charge in [-0.05, 0) is 37.3 Å². The van der Waals surface area contributed by atoms with E-state index in [0.29, 0.717) is 10.8 Å². The first kappa shape index (κ1) is 15.7. The van der Waals surface area contributed by atoms with Crippen molar-refractivity contribution >= 4 is 38.3 Å². The molecule has 118 valence electrons. The van der Waals surface area contributed by atoms with Crippen LogP contribution in [0.15, 0.2) is 46.4 Å². The van der Waals surface area contributed by atoms with Crippen molar-refractivity contribution in [3.05, 3.63) is 57.8 Å². The average Bonchev–Trinajstić information content (AvgIpc) is 3.16. The summed E-state index contributed by atoms with van der Waals surface area (Å²) in [7, 11) is 0. The van der Waals surface area contributed by atoms with Gasteiger partial charge in [0.2, 0.25) is 0 Å². The molecule has 1 N–H and O–H groups in total. The van der Waals surface area contributed by atoms with Gasteiger partial charge in [0.05, 0.1) is 5.69 Å². The van der Waals surface area contributed by atoms with Crippen LogP contribution in [0.4, 0.5) is 5.13 Å². The summed E-state index contributed by atoms with van der Waals surface area (Å²) in [5.41, 5.74) is 1.19. The molecule has 0 aliphatic carbocycles. The summed E-state index contributed by atoms with van der Waals surface area (Å²) in [6.07, 6.45) is 1.70. The number of anilines is 1. The molecule has 8 heteroatoms. The Kier molecular flexibility index (Phi) is 4.73. The normalized spacial score (nSPS) is 10.5. The first-order valence-electron chi connectivity index (χ1n) is 6.75. The van der Waals surface area contributed by atoms with Crippen molar-refractivity contribution in [1.29, 1.82) is 0 Å². The Labute approximate surface area is 145 Å². The summed E-state index contributed by atoms with van der Waals surface area (Å²) in [6, 6.07) is 9.14. The van der Waals surface area contributed by atoms with Crippen LogP contribution in [0.5, 0.6) is 5.75 Å². The summed E-state index contributed by atoms with van der Waals surface area (Å²) in [6.45, 7) is 2.10. The fraction of sp³-hybridized carbons (Fsp3) is 0.133. The number of aryl methyl sites for hydroxylation is 1. The van der Waals surface area contributed by atoms with Crippen molar-refractivity contribution in [2.75, 3.05) is 5.32 Å². The molecule has 1 amide bonds. The second kappa shape index (κ2) is 6.93. The molecule has 23 heavy (non-hydrogen) atoms. The van der Waals surface area contributed by atoms with Crippen molar-refractivity contribution < 1.29 is 9.53 Å². The average molecular weight is 393 g/mol. The summed E-state index contributed by atoms with van der Waals surface area (Å²) < 4.78 is 8.15. The van der Waals surface area contributed by atoms with Crippen LogP contribution in [0, 0.1) is 6.92 Å². The molecule has 0 saturated carbocycles. The van der Waals surface area contributed by atoms with Crippen LogP contribution in [-0.4, -0.2) is 20.7 Å². The van der Waals surface area contributed by atoms with Gasteiger partial charge in [0.15, 0.2) is 17.6 Å². The zero-order valence-corrected chi connectivity index (χ0v) is 14.6. The molecule has 0 spiro atoms. The van der Waals surface area contributed by atoms with E-state index < -0.39 is 0 Å².